The topological polar surface area (TPSA) is 91.2 Å². The number of benzene rings is 2. The first-order chi connectivity index (χ1) is 13.2. The number of hydrogen-bond donors (Lipinski definition) is 1. The van der Waals surface area contributed by atoms with E-state index in [0.717, 1.165) is 35.7 Å². The number of methoxy groups -OCH3 is 1. The van der Waals surface area contributed by atoms with Crippen LogP contribution >= 0.6 is 0 Å². The van der Waals surface area contributed by atoms with Gasteiger partial charge in [-0.05, 0) is 42.7 Å². The number of nitrogens with two attached hydrogens (primary N) is 1. The van der Waals surface area contributed by atoms with Crippen molar-refractivity contribution in [2.45, 2.75) is 18.3 Å². The average Bonchev–Trinajstić information content (AvgIpc) is 3.41. The fraction of sp³-hybridized carbons (Fsp3) is 0.200. The van der Waals surface area contributed by atoms with Crippen molar-refractivity contribution in [3.8, 4) is 17.0 Å². The van der Waals surface area contributed by atoms with Gasteiger partial charge in [0.25, 0.3) is 5.78 Å². The number of aromatic nitrogens is 5. The summed E-state index contributed by atoms with van der Waals surface area (Å²) in [7, 11) is 1.67. The SMILES string of the molecule is COc1ccc(C2(c3nnc4ncc(-c5ccc(N)cc5)nn34)CC2)cc1. The van der Waals surface area contributed by atoms with Crippen LogP contribution in [0.3, 0.4) is 0 Å². The highest BCUT2D eigenvalue weighted by molar-refractivity contribution is 5.61. The van der Waals surface area contributed by atoms with Crippen LogP contribution in [0.1, 0.15) is 24.2 Å². The number of ether oxygens (including phenoxy) is 1. The van der Waals surface area contributed by atoms with Crippen molar-refractivity contribution in [2.24, 2.45) is 0 Å². The molecule has 134 valence electrons. The Balaban J connectivity index is 1.60. The highest BCUT2D eigenvalue weighted by atomic mass is 16.5. The lowest BCUT2D eigenvalue weighted by Crippen LogP contribution is -2.15. The molecule has 2 aromatic carbocycles. The average molecular weight is 358 g/mol. The Hall–Kier alpha value is -3.48. The van der Waals surface area contributed by atoms with Crippen LogP contribution in [0.4, 0.5) is 5.69 Å². The van der Waals surface area contributed by atoms with E-state index < -0.39 is 0 Å². The Bertz CT molecular complexity index is 1110. The van der Waals surface area contributed by atoms with Gasteiger partial charge in [-0.15, -0.1) is 10.2 Å². The molecule has 1 saturated carbocycles. The minimum absolute atomic E-state index is 0.167. The summed E-state index contributed by atoms with van der Waals surface area (Å²) in [6, 6.07) is 15.7. The first-order valence-electron chi connectivity index (χ1n) is 8.79. The van der Waals surface area contributed by atoms with Crippen LogP contribution in [0, 0.1) is 0 Å². The molecule has 7 heteroatoms. The van der Waals surface area contributed by atoms with Gasteiger partial charge >= 0.3 is 0 Å². The Morgan fingerprint density at radius 3 is 2.41 bits per heavy atom. The first kappa shape index (κ1) is 15.7. The van der Waals surface area contributed by atoms with Crippen LogP contribution in [0.2, 0.25) is 0 Å². The zero-order valence-corrected chi connectivity index (χ0v) is 14.8. The van der Waals surface area contributed by atoms with Gasteiger partial charge in [-0.2, -0.15) is 9.61 Å². The second kappa shape index (κ2) is 5.77. The van der Waals surface area contributed by atoms with Crippen LogP contribution in [-0.4, -0.2) is 31.9 Å². The van der Waals surface area contributed by atoms with Crippen molar-refractivity contribution >= 4 is 11.5 Å². The summed E-state index contributed by atoms with van der Waals surface area (Å²) in [4.78, 5) is 4.44. The smallest absolute Gasteiger partial charge is 0.271 e. The Labute approximate surface area is 155 Å². The fourth-order valence-corrected chi connectivity index (χ4v) is 3.46. The van der Waals surface area contributed by atoms with Crippen molar-refractivity contribution < 1.29 is 4.74 Å². The molecular formula is C20H18N6O. The number of fused-ring (bicyclic) bond motifs is 1. The highest BCUT2D eigenvalue weighted by Gasteiger charge is 2.50. The summed E-state index contributed by atoms with van der Waals surface area (Å²) in [6.07, 6.45) is 3.73. The van der Waals surface area contributed by atoms with Gasteiger partial charge in [-0.25, -0.2) is 4.98 Å². The van der Waals surface area contributed by atoms with Crippen molar-refractivity contribution in [3.05, 3.63) is 66.1 Å². The highest BCUT2D eigenvalue weighted by Crippen LogP contribution is 2.52. The molecule has 0 amide bonds. The van der Waals surface area contributed by atoms with Crippen LogP contribution in [-0.2, 0) is 5.41 Å². The molecule has 0 saturated heterocycles. The van der Waals surface area contributed by atoms with E-state index in [2.05, 4.69) is 27.3 Å². The molecule has 0 radical (unpaired) electrons. The van der Waals surface area contributed by atoms with Crippen molar-refractivity contribution in [1.82, 2.24) is 24.8 Å². The molecule has 2 N–H and O–H groups in total. The van der Waals surface area contributed by atoms with Crippen LogP contribution in [0.5, 0.6) is 5.75 Å². The van der Waals surface area contributed by atoms with E-state index in [9.17, 15) is 0 Å². The van der Waals surface area contributed by atoms with Crippen LogP contribution in [0.15, 0.2) is 54.7 Å². The number of anilines is 1. The van der Waals surface area contributed by atoms with E-state index in [1.807, 2.05) is 36.4 Å². The maximum absolute atomic E-state index is 5.78. The maximum Gasteiger partial charge on any atom is 0.271 e. The van der Waals surface area contributed by atoms with E-state index in [4.69, 9.17) is 15.6 Å². The number of hydrogen-bond acceptors (Lipinski definition) is 6. The first-order valence-corrected chi connectivity index (χ1v) is 8.79. The monoisotopic (exact) mass is 358 g/mol. The lowest BCUT2D eigenvalue weighted by Gasteiger charge is -2.14. The molecule has 2 aromatic heterocycles. The second-order valence-corrected chi connectivity index (χ2v) is 6.81. The number of nitrogens with zero attached hydrogens (tertiary/aromatic N) is 5. The molecule has 0 spiro atoms. The fourth-order valence-electron chi connectivity index (χ4n) is 3.46. The molecule has 7 nitrogen and oxygen atoms in total. The lowest BCUT2D eigenvalue weighted by atomic mass is 9.95. The van der Waals surface area contributed by atoms with Gasteiger partial charge < -0.3 is 10.5 Å². The lowest BCUT2D eigenvalue weighted by molar-refractivity contribution is 0.414. The Morgan fingerprint density at radius 1 is 1.00 bits per heavy atom. The molecule has 0 bridgehead atoms. The molecule has 4 aromatic rings. The molecule has 0 atom stereocenters. The van der Waals surface area contributed by atoms with Crippen LogP contribution in [0.25, 0.3) is 17.0 Å². The standard InChI is InChI=1S/C20H18N6O/c1-27-16-8-4-14(5-9-16)20(10-11-20)18-23-24-19-22-12-17(25-26(18)19)13-2-6-15(21)7-3-13/h2-9,12H,10-11,21H2,1H3. The van der Waals surface area contributed by atoms with Gasteiger partial charge in [0, 0.05) is 11.3 Å². The largest absolute Gasteiger partial charge is 0.497 e. The van der Waals surface area contributed by atoms with E-state index in [1.54, 1.807) is 17.8 Å². The Kier molecular flexibility index (Phi) is 3.36. The summed E-state index contributed by atoms with van der Waals surface area (Å²) in [5.74, 6) is 2.17. The van der Waals surface area contributed by atoms with Gasteiger partial charge in [0.1, 0.15) is 11.4 Å². The Morgan fingerprint density at radius 2 is 1.74 bits per heavy atom. The summed E-state index contributed by atoms with van der Waals surface area (Å²) in [5, 5.41) is 13.4. The van der Waals surface area contributed by atoms with E-state index in [1.165, 1.54) is 5.56 Å². The maximum atomic E-state index is 5.78. The summed E-state index contributed by atoms with van der Waals surface area (Å²) in [5.41, 5.74) is 9.24. The predicted octanol–water partition coefficient (Wildman–Crippen LogP) is 2.86. The zero-order valence-electron chi connectivity index (χ0n) is 14.8. The molecule has 5 rings (SSSR count). The normalized spacial score (nSPS) is 15.0. The quantitative estimate of drug-likeness (QED) is 0.564. The van der Waals surface area contributed by atoms with Gasteiger partial charge in [0.05, 0.1) is 18.7 Å². The number of nitrogen functional groups attached to an aromatic ring is 1. The predicted molar refractivity (Wildman–Crippen MR) is 101 cm³/mol. The van der Waals surface area contributed by atoms with E-state index in [-0.39, 0.29) is 5.41 Å². The summed E-state index contributed by atoms with van der Waals surface area (Å²) >= 11 is 0. The molecule has 1 aliphatic rings. The molecule has 27 heavy (non-hydrogen) atoms. The van der Waals surface area contributed by atoms with E-state index >= 15 is 0 Å². The molecule has 1 fully saturated rings. The minimum atomic E-state index is -0.167. The van der Waals surface area contributed by atoms with Gasteiger partial charge in [-0.3, -0.25) is 0 Å². The minimum Gasteiger partial charge on any atom is -0.497 e. The molecule has 0 aliphatic heterocycles. The summed E-state index contributed by atoms with van der Waals surface area (Å²) in [6.45, 7) is 0. The molecule has 2 heterocycles. The third kappa shape index (κ3) is 2.51. The third-order valence-corrected chi connectivity index (χ3v) is 5.16. The van der Waals surface area contributed by atoms with Gasteiger partial charge in [-0.1, -0.05) is 24.3 Å². The van der Waals surface area contributed by atoms with Crippen LogP contribution < -0.4 is 10.5 Å². The molecular weight excluding hydrogens is 340 g/mol. The van der Waals surface area contributed by atoms with Crippen molar-refractivity contribution in [1.29, 1.82) is 0 Å². The van der Waals surface area contributed by atoms with Crippen molar-refractivity contribution in [3.63, 3.8) is 0 Å². The third-order valence-electron chi connectivity index (χ3n) is 5.16. The summed E-state index contributed by atoms with van der Waals surface area (Å²) < 4.78 is 7.04. The van der Waals surface area contributed by atoms with Crippen molar-refractivity contribution in [2.75, 3.05) is 12.8 Å². The number of rotatable bonds is 4. The van der Waals surface area contributed by atoms with Gasteiger partial charge in [0.2, 0.25) is 0 Å². The molecule has 0 unspecified atom stereocenters. The second-order valence-electron chi connectivity index (χ2n) is 6.81. The zero-order chi connectivity index (χ0) is 18.4. The van der Waals surface area contributed by atoms with E-state index in [0.29, 0.717) is 11.5 Å². The molecule has 1 aliphatic carbocycles. The van der Waals surface area contributed by atoms with Gasteiger partial charge in [0.15, 0.2) is 5.82 Å².